The lowest BCUT2D eigenvalue weighted by molar-refractivity contribution is 0.0924. The molecule has 2 aromatic carbocycles. The van der Waals surface area contributed by atoms with Gasteiger partial charge in [0.2, 0.25) is 10.0 Å². The van der Waals surface area contributed by atoms with Crippen LogP contribution in [-0.4, -0.2) is 44.9 Å². The van der Waals surface area contributed by atoms with E-state index >= 15 is 0 Å². The summed E-state index contributed by atoms with van der Waals surface area (Å²) in [5, 5.41) is 3.00. The molecule has 0 aromatic heterocycles. The van der Waals surface area contributed by atoms with Crippen LogP contribution >= 0.6 is 0 Å². The molecule has 1 aliphatic heterocycles. The Hall–Kier alpha value is -2.38. The molecule has 3 rings (SSSR count). The Balaban J connectivity index is 1.57. The molecule has 1 aliphatic rings. The monoisotopic (exact) mass is 402 g/mol. The number of piperidine rings is 1. The number of carbonyl (C=O) groups is 1. The van der Waals surface area contributed by atoms with Crippen molar-refractivity contribution in [1.29, 1.82) is 0 Å². The molecule has 0 radical (unpaired) electrons. The van der Waals surface area contributed by atoms with E-state index in [9.17, 15) is 13.2 Å². The third-order valence-corrected chi connectivity index (χ3v) is 7.02. The summed E-state index contributed by atoms with van der Waals surface area (Å²) in [5.74, 6) is 0.543. The number of nitrogens with one attached hydrogen (secondary N) is 1. The van der Waals surface area contributed by atoms with Crippen molar-refractivity contribution in [3.8, 4) is 5.75 Å². The van der Waals surface area contributed by atoms with Crippen molar-refractivity contribution in [1.82, 2.24) is 9.62 Å². The first kappa shape index (κ1) is 20.4. The first-order valence-electron chi connectivity index (χ1n) is 9.48. The molecule has 150 valence electrons. The van der Waals surface area contributed by atoms with Gasteiger partial charge in [-0.2, -0.15) is 4.31 Å². The summed E-state index contributed by atoms with van der Waals surface area (Å²) in [7, 11) is -1.91. The standard InChI is InChI=1S/C21H26N2O4S/c1-3-16-4-10-20(11-5-16)28(25,26)23-14-12-18(13-15-23)22-21(24)17-6-8-19(27-2)9-7-17/h4-11,18H,3,12-15H2,1-2H3,(H,22,24). The fourth-order valence-corrected chi connectivity index (χ4v) is 4.77. The average Bonchev–Trinajstić information content (AvgIpc) is 2.74. The number of methoxy groups -OCH3 is 1. The number of sulfonamides is 1. The van der Waals surface area contributed by atoms with E-state index in [1.165, 1.54) is 4.31 Å². The summed E-state index contributed by atoms with van der Waals surface area (Å²) in [5.41, 5.74) is 1.67. The summed E-state index contributed by atoms with van der Waals surface area (Å²) in [6, 6.07) is 13.9. The number of nitrogens with zero attached hydrogens (tertiary/aromatic N) is 1. The molecule has 0 atom stereocenters. The van der Waals surface area contributed by atoms with E-state index in [1.807, 2.05) is 19.1 Å². The maximum Gasteiger partial charge on any atom is 0.251 e. The highest BCUT2D eigenvalue weighted by Crippen LogP contribution is 2.22. The molecule has 0 aliphatic carbocycles. The molecular formula is C21H26N2O4S. The number of ether oxygens (including phenoxy) is 1. The van der Waals surface area contributed by atoms with Crippen LogP contribution in [0.5, 0.6) is 5.75 Å². The molecule has 1 N–H and O–H groups in total. The van der Waals surface area contributed by atoms with Crippen molar-refractivity contribution in [2.24, 2.45) is 0 Å². The van der Waals surface area contributed by atoms with Gasteiger partial charge in [0, 0.05) is 24.7 Å². The third-order valence-electron chi connectivity index (χ3n) is 5.11. The summed E-state index contributed by atoms with van der Waals surface area (Å²) >= 11 is 0. The molecular weight excluding hydrogens is 376 g/mol. The topological polar surface area (TPSA) is 75.7 Å². The second kappa shape index (κ2) is 8.75. The van der Waals surface area contributed by atoms with Crippen molar-refractivity contribution < 1.29 is 17.9 Å². The number of aryl methyl sites for hydroxylation is 1. The van der Waals surface area contributed by atoms with E-state index < -0.39 is 10.0 Å². The molecule has 1 heterocycles. The van der Waals surface area contributed by atoms with Gasteiger partial charge in [-0.3, -0.25) is 4.79 Å². The normalized spacial score (nSPS) is 15.9. The molecule has 7 heteroatoms. The van der Waals surface area contributed by atoms with E-state index in [2.05, 4.69) is 5.32 Å². The van der Waals surface area contributed by atoms with Crippen LogP contribution in [-0.2, 0) is 16.4 Å². The van der Waals surface area contributed by atoms with E-state index in [4.69, 9.17) is 4.74 Å². The van der Waals surface area contributed by atoms with Crippen LogP contribution in [0.1, 0.15) is 35.7 Å². The van der Waals surface area contributed by atoms with E-state index in [1.54, 1.807) is 43.5 Å². The zero-order chi connectivity index (χ0) is 20.1. The van der Waals surface area contributed by atoms with Crippen LogP contribution in [0.3, 0.4) is 0 Å². The fourth-order valence-electron chi connectivity index (χ4n) is 3.30. The molecule has 28 heavy (non-hydrogen) atoms. The highest BCUT2D eigenvalue weighted by Gasteiger charge is 2.30. The molecule has 6 nitrogen and oxygen atoms in total. The van der Waals surface area contributed by atoms with Gasteiger partial charge in [0.1, 0.15) is 5.75 Å². The molecule has 0 spiro atoms. The Morgan fingerprint density at radius 2 is 1.68 bits per heavy atom. The van der Waals surface area contributed by atoms with Gasteiger partial charge >= 0.3 is 0 Å². The van der Waals surface area contributed by atoms with Crippen LogP contribution in [0.4, 0.5) is 0 Å². The first-order chi connectivity index (χ1) is 13.4. The van der Waals surface area contributed by atoms with Crippen LogP contribution in [0, 0.1) is 0 Å². The van der Waals surface area contributed by atoms with Gasteiger partial charge in [-0.1, -0.05) is 19.1 Å². The Morgan fingerprint density at radius 1 is 1.07 bits per heavy atom. The van der Waals surface area contributed by atoms with E-state index in [0.717, 1.165) is 12.0 Å². The minimum atomic E-state index is -3.49. The van der Waals surface area contributed by atoms with Gasteiger partial charge in [0.25, 0.3) is 5.91 Å². The van der Waals surface area contributed by atoms with Crippen LogP contribution in [0.25, 0.3) is 0 Å². The maximum absolute atomic E-state index is 12.8. The van der Waals surface area contributed by atoms with Crippen LogP contribution in [0.15, 0.2) is 53.4 Å². The Labute approximate surface area is 166 Å². The van der Waals surface area contributed by atoms with Gasteiger partial charge in [0.15, 0.2) is 0 Å². The second-order valence-corrected chi connectivity index (χ2v) is 8.82. The maximum atomic E-state index is 12.8. The highest BCUT2D eigenvalue weighted by atomic mass is 32.2. The summed E-state index contributed by atoms with van der Waals surface area (Å²) in [6.07, 6.45) is 2.06. The number of amides is 1. The lowest BCUT2D eigenvalue weighted by Crippen LogP contribution is -2.46. The fraction of sp³-hybridized carbons (Fsp3) is 0.381. The minimum Gasteiger partial charge on any atom is -0.497 e. The quantitative estimate of drug-likeness (QED) is 0.806. The van der Waals surface area contributed by atoms with Crippen molar-refractivity contribution in [3.63, 3.8) is 0 Å². The van der Waals surface area contributed by atoms with Crippen LogP contribution < -0.4 is 10.1 Å². The number of rotatable bonds is 6. The Bertz CT molecular complexity index is 900. The van der Waals surface area contributed by atoms with Gasteiger partial charge < -0.3 is 10.1 Å². The van der Waals surface area contributed by atoms with Crippen molar-refractivity contribution in [3.05, 3.63) is 59.7 Å². The molecule has 0 bridgehead atoms. The predicted octanol–water partition coefficient (Wildman–Crippen LogP) is 2.84. The smallest absolute Gasteiger partial charge is 0.251 e. The molecule has 2 aromatic rings. The number of benzene rings is 2. The molecule has 1 amide bonds. The first-order valence-corrected chi connectivity index (χ1v) is 10.9. The van der Waals surface area contributed by atoms with Gasteiger partial charge in [-0.25, -0.2) is 8.42 Å². The molecule has 1 saturated heterocycles. The SMILES string of the molecule is CCc1ccc(S(=O)(=O)N2CCC(NC(=O)c3ccc(OC)cc3)CC2)cc1. The lowest BCUT2D eigenvalue weighted by Gasteiger charge is -2.31. The van der Waals surface area contributed by atoms with Crippen molar-refractivity contribution in [2.45, 2.75) is 37.1 Å². The van der Waals surface area contributed by atoms with Crippen molar-refractivity contribution >= 4 is 15.9 Å². The Kier molecular flexibility index (Phi) is 6.36. The second-order valence-electron chi connectivity index (χ2n) is 6.88. The molecule has 0 unspecified atom stereocenters. The number of hydrogen-bond acceptors (Lipinski definition) is 4. The average molecular weight is 403 g/mol. The molecule has 1 fully saturated rings. The van der Waals surface area contributed by atoms with Gasteiger partial charge in [-0.15, -0.1) is 0 Å². The zero-order valence-electron chi connectivity index (χ0n) is 16.2. The molecule has 0 saturated carbocycles. The largest absolute Gasteiger partial charge is 0.497 e. The zero-order valence-corrected chi connectivity index (χ0v) is 17.0. The van der Waals surface area contributed by atoms with Crippen LogP contribution in [0.2, 0.25) is 0 Å². The summed E-state index contributed by atoms with van der Waals surface area (Å²) in [6.45, 7) is 2.82. The number of hydrogen-bond donors (Lipinski definition) is 1. The van der Waals surface area contributed by atoms with Crippen molar-refractivity contribution in [2.75, 3.05) is 20.2 Å². The Morgan fingerprint density at radius 3 is 2.21 bits per heavy atom. The van der Waals surface area contributed by atoms with E-state index in [-0.39, 0.29) is 11.9 Å². The minimum absolute atomic E-state index is 0.0384. The lowest BCUT2D eigenvalue weighted by atomic mass is 10.1. The van der Waals surface area contributed by atoms with Gasteiger partial charge in [-0.05, 0) is 61.2 Å². The predicted molar refractivity (Wildman–Crippen MR) is 108 cm³/mol. The van der Waals surface area contributed by atoms with E-state index in [0.29, 0.717) is 42.1 Å². The summed E-state index contributed by atoms with van der Waals surface area (Å²) in [4.78, 5) is 12.7. The highest BCUT2D eigenvalue weighted by molar-refractivity contribution is 7.89. The number of carbonyl (C=O) groups excluding carboxylic acids is 1. The summed E-state index contributed by atoms with van der Waals surface area (Å²) < 4.78 is 32.3. The third kappa shape index (κ3) is 4.54. The van der Waals surface area contributed by atoms with Gasteiger partial charge in [0.05, 0.1) is 12.0 Å².